The Morgan fingerprint density at radius 1 is 1.29 bits per heavy atom. The zero-order valence-corrected chi connectivity index (χ0v) is 14.6. The van der Waals surface area contributed by atoms with E-state index in [2.05, 4.69) is 32.2 Å². The van der Waals surface area contributed by atoms with Gasteiger partial charge < -0.3 is 10.1 Å². The Morgan fingerprint density at radius 2 is 2.05 bits per heavy atom. The number of benzene rings is 1. The molecule has 2 nitrogen and oxygen atoms in total. The molecule has 4 heteroatoms. The van der Waals surface area contributed by atoms with E-state index in [0.717, 1.165) is 32.4 Å². The van der Waals surface area contributed by atoms with Crippen molar-refractivity contribution in [3.8, 4) is 0 Å². The van der Waals surface area contributed by atoms with E-state index in [-0.39, 0.29) is 5.41 Å². The van der Waals surface area contributed by atoms with Gasteiger partial charge in [0.1, 0.15) is 0 Å². The molecule has 1 N–H and O–H groups in total. The molecular weight excluding hydrogens is 305 g/mol. The third-order valence-electron chi connectivity index (χ3n) is 4.36. The first-order chi connectivity index (χ1) is 9.92. The topological polar surface area (TPSA) is 21.3 Å². The van der Waals surface area contributed by atoms with Gasteiger partial charge in [-0.15, -0.1) is 0 Å². The molecule has 2 atom stereocenters. The number of rotatable bonds is 5. The SMILES string of the molecule is CCC1CC(NCC(C)(C)c2ccc(Cl)c(Cl)c2)CCO1. The van der Waals surface area contributed by atoms with E-state index < -0.39 is 0 Å². The Kier molecular flexibility index (Phi) is 5.96. The molecule has 1 aromatic rings. The van der Waals surface area contributed by atoms with Crippen LogP contribution in [0.25, 0.3) is 0 Å². The highest BCUT2D eigenvalue weighted by Crippen LogP contribution is 2.30. The monoisotopic (exact) mass is 329 g/mol. The molecule has 0 bridgehead atoms. The fourth-order valence-corrected chi connectivity index (χ4v) is 3.07. The van der Waals surface area contributed by atoms with Crippen LogP contribution >= 0.6 is 23.2 Å². The maximum Gasteiger partial charge on any atom is 0.0595 e. The molecule has 0 aliphatic carbocycles. The molecule has 1 saturated heterocycles. The van der Waals surface area contributed by atoms with Gasteiger partial charge in [-0.25, -0.2) is 0 Å². The summed E-state index contributed by atoms with van der Waals surface area (Å²) in [6.45, 7) is 8.44. The van der Waals surface area contributed by atoms with Crippen LogP contribution in [0.1, 0.15) is 45.6 Å². The number of ether oxygens (including phenoxy) is 1. The van der Waals surface area contributed by atoms with E-state index in [4.69, 9.17) is 27.9 Å². The van der Waals surface area contributed by atoms with E-state index in [1.807, 2.05) is 12.1 Å². The first-order valence-corrected chi connectivity index (χ1v) is 8.48. The highest BCUT2D eigenvalue weighted by molar-refractivity contribution is 6.42. The molecule has 2 unspecified atom stereocenters. The summed E-state index contributed by atoms with van der Waals surface area (Å²) in [6, 6.07) is 6.47. The van der Waals surface area contributed by atoms with Crippen molar-refractivity contribution in [2.75, 3.05) is 13.2 Å². The highest BCUT2D eigenvalue weighted by Gasteiger charge is 2.25. The standard InChI is InChI=1S/C17H25Cl2NO/c1-4-14-10-13(7-8-21-14)20-11-17(2,3)12-5-6-15(18)16(19)9-12/h5-6,9,13-14,20H,4,7-8,10-11H2,1-3H3. The molecule has 118 valence electrons. The predicted octanol–water partition coefficient (Wildman–Crippen LogP) is 4.82. The second-order valence-electron chi connectivity index (χ2n) is 6.52. The minimum Gasteiger partial charge on any atom is -0.378 e. The summed E-state index contributed by atoms with van der Waals surface area (Å²) in [7, 11) is 0. The van der Waals surface area contributed by atoms with E-state index in [9.17, 15) is 0 Å². The van der Waals surface area contributed by atoms with Crippen molar-refractivity contribution in [2.45, 2.75) is 57.6 Å². The molecule has 1 aliphatic rings. The number of halogens is 2. The smallest absolute Gasteiger partial charge is 0.0595 e. The van der Waals surface area contributed by atoms with Crippen molar-refractivity contribution in [3.05, 3.63) is 33.8 Å². The van der Waals surface area contributed by atoms with E-state index >= 15 is 0 Å². The molecule has 1 aromatic carbocycles. The van der Waals surface area contributed by atoms with Gasteiger partial charge in [0, 0.05) is 24.6 Å². The molecule has 21 heavy (non-hydrogen) atoms. The first kappa shape index (κ1) is 17.1. The average molecular weight is 330 g/mol. The van der Waals surface area contributed by atoms with Gasteiger partial charge >= 0.3 is 0 Å². The summed E-state index contributed by atoms with van der Waals surface area (Å²) >= 11 is 12.1. The Morgan fingerprint density at radius 3 is 2.71 bits per heavy atom. The first-order valence-electron chi connectivity index (χ1n) is 7.73. The molecule has 0 spiro atoms. The summed E-state index contributed by atoms with van der Waals surface area (Å²) in [5.41, 5.74) is 1.23. The zero-order chi connectivity index (χ0) is 15.5. The van der Waals surface area contributed by atoms with Gasteiger partial charge in [-0.2, -0.15) is 0 Å². The summed E-state index contributed by atoms with van der Waals surface area (Å²) < 4.78 is 5.73. The van der Waals surface area contributed by atoms with Gasteiger partial charge in [-0.05, 0) is 37.0 Å². The van der Waals surface area contributed by atoms with Crippen LogP contribution in [-0.2, 0) is 10.2 Å². The van der Waals surface area contributed by atoms with Crippen LogP contribution in [-0.4, -0.2) is 25.3 Å². The van der Waals surface area contributed by atoms with Gasteiger partial charge in [-0.1, -0.05) is 50.0 Å². The third kappa shape index (κ3) is 4.59. The lowest BCUT2D eigenvalue weighted by atomic mass is 9.84. The lowest BCUT2D eigenvalue weighted by molar-refractivity contribution is -0.000701. The summed E-state index contributed by atoms with van der Waals surface area (Å²) in [5.74, 6) is 0. The van der Waals surface area contributed by atoms with Crippen molar-refractivity contribution < 1.29 is 4.74 Å². The van der Waals surface area contributed by atoms with Crippen LogP contribution in [0.5, 0.6) is 0 Å². The van der Waals surface area contributed by atoms with Crippen LogP contribution in [0.3, 0.4) is 0 Å². The fraction of sp³-hybridized carbons (Fsp3) is 0.647. The number of nitrogens with one attached hydrogen (secondary N) is 1. The van der Waals surface area contributed by atoms with Gasteiger partial charge in [0.25, 0.3) is 0 Å². The normalized spacial score (nSPS) is 23.3. The summed E-state index contributed by atoms with van der Waals surface area (Å²) in [4.78, 5) is 0. The lowest BCUT2D eigenvalue weighted by Gasteiger charge is -2.33. The molecule has 0 saturated carbocycles. The minimum absolute atomic E-state index is 0.0221. The van der Waals surface area contributed by atoms with Crippen molar-refractivity contribution in [1.82, 2.24) is 5.32 Å². The Hall–Kier alpha value is -0.280. The Labute approximate surface area is 138 Å². The van der Waals surface area contributed by atoms with Gasteiger partial charge in [-0.3, -0.25) is 0 Å². The molecule has 2 rings (SSSR count). The third-order valence-corrected chi connectivity index (χ3v) is 5.10. The van der Waals surface area contributed by atoms with E-state index in [1.165, 1.54) is 5.56 Å². The second-order valence-corrected chi connectivity index (χ2v) is 7.33. The minimum atomic E-state index is 0.0221. The molecule has 1 heterocycles. The van der Waals surface area contributed by atoms with Gasteiger partial charge in [0.05, 0.1) is 16.1 Å². The van der Waals surface area contributed by atoms with Crippen molar-refractivity contribution in [2.24, 2.45) is 0 Å². The quantitative estimate of drug-likeness (QED) is 0.836. The van der Waals surface area contributed by atoms with Crippen molar-refractivity contribution in [1.29, 1.82) is 0 Å². The van der Waals surface area contributed by atoms with E-state index in [0.29, 0.717) is 22.2 Å². The van der Waals surface area contributed by atoms with Gasteiger partial charge in [0.15, 0.2) is 0 Å². The lowest BCUT2D eigenvalue weighted by Crippen LogP contribution is -2.44. The highest BCUT2D eigenvalue weighted by atomic mass is 35.5. The molecule has 1 aliphatic heterocycles. The van der Waals surface area contributed by atoms with Crippen LogP contribution in [0.2, 0.25) is 10.0 Å². The predicted molar refractivity (Wildman–Crippen MR) is 90.5 cm³/mol. The molecule has 0 amide bonds. The van der Waals surface area contributed by atoms with E-state index in [1.54, 1.807) is 0 Å². The van der Waals surface area contributed by atoms with Crippen LogP contribution < -0.4 is 5.32 Å². The largest absolute Gasteiger partial charge is 0.378 e. The second kappa shape index (κ2) is 7.32. The van der Waals surface area contributed by atoms with Crippen molar-refractivity contribution in [3.63, 3.8) is 0 Å². The summed E-state index contributed by atoms with van der Waals surface area (Å²) in [6.07, 6.45) is 3.69. The van der Waals surface area contributed by atoms with Gasteiger partial charge in [0.2, 0.25) is 0 Å². The Bertz CT molecular complexity index is 476. The molecule has 1 fully saturated rings. The van der Waals surface area contributed by atoms with Crippen LogP contribution in [0, 0.1) is 0 Å². The Balaban J connectivity index is 1.95. The maximum absolute atomic E-state index is 6.14. The zero-order valence-electron chi connectivity index (χ0n) is 13.1. The molecule has 0 aromatic heterocycles. The van der Waals surface area contributed by atoms with Crippen LogP contribution in [0.4, 0.5) is 0 Å². The molecular formula is C17H25Cl2NO. The maximum atomic E-state index is 6.14. The molecule has 0 radical (unpaired) electrons. The number of hydrogen-bond acceptors (Lipinski definition) is 2. The van der Waals surface area contributed by atoms with Crippen molar-refractivity contribution >= 4 is 23.2 Å². The van der Waals surface area contributed by atoms with Crippen LogP contribution in [0.15, 0.2) is 18.2 Å². The average Bonchev–Trinajstić information content (AvgIpc) is 2.48. The fourth-order valence-electron chi connectivity index (χ4n) is 2.77. The summed E-state index contributed by atoms with van der Waals surface area (Å²) in [5, 5.41) is 4.94. The number of hydrogen-bond donors (Lipinski definition) is 1.